The zero-order valence-corrected chi connectivity index (χ0v) is 13.8. The number of hydrogen-bond donors (Lipinski definition) is 0. The summed E-state index contributed by atoms with van der Waals surface area (Å²) in [4.78, 5) is 6.52. The second kappa shape index (κ2) is 6.62. The van der Waals surface area contributed by atoms with Gasteiger partial charge >= 0.3 is 0 Å². The van der Waals surface area contributed by atoms with E-state index in [0.29, 0.717) is 17.1 Å². The van der Waals surface area contributed by atoms with Gasteiger partial charge in [0.25, 0.3) is 5.78 Å². The maximum absolute atomic E-state index is 13.6. The standard InChI is InChI=1S/C16H12FN5.C2H6/c1-21(12-5-3-2-4-6-12)15-13-8-7-11(17)9-14(13)22-10-18-20-16(22)19-15;1-2/h2-10H,1H3;1-2H3. The molecule has 2 heterocycles. The molecule has 2 aromatic heterocycles. The van der Waals surface area contributed by atoms with Gasteiger partial charge in [-0.1, -0.05) is 32.0 Å². The first-order chi connectivity index (χ1) is 11.7. The zero-order chi connectivity index (χ0) is 17.1. The van der Waals surface area contributed by atoms with Crippen molar-refractivity contribution in [1.82, 2.24) is 19.6 Å². The van der Waals surface area contributed by atoms with Gasteiger partial charge in [-0.15, -0.1) is 10.2 Å². The van der Waals surface area contributed by atoms with Gasteiger partial charge in [-0.05, 0) is 30.3 Å². The van der Waals surface area contributed by atoms with Gasteiger partial charge in [0.05, 0.1) is 5.52 Å². The average molecular weight is 323 g/mol. The van der Waals surface area contributed by atoms with Gasteiger partial charge in [0.15, 0.2) is 0 Å². The fourth-order valence-electron chi connectivity index (χ4n) is 2.55. The highest BCUT2D eigenvalue weighted by atomic mass is 19.1. The molecule has 0 amide bonds. The summed E-state index contributed by atoms with van der Waals surface area (Å²) in [6.07, 6.45) is 1.54. The Kier molecular flexibility index (Phi) is 4.37. The van der Waals surface area contributed by atoms with Crippen molar-refractivity contribution in [3.63, 3.8) is 0 Å². The third-order valence-corrected chi connectivity index (χ3v) is 3.66. The molecule has 0 spiro atoms. The molecule has 0 radical (unpaired) electrons. The van der Waals surface area contributed by atoms with Crippen LogP contribution in [0.15, 0.2) is 54.9 Å². The molecule has 0 saturated heterocycles. The summed E-state index contributed by atoms with van der Waals surface area (Å²) in [5.41, 5.74) is 1.68. The predicted molar refractivity (Wildman–Crippen MR) is 94.1 cm³/mol. The molecule has 0 aliphatic carbocycles. The van der Waals surface area contributed by atoms with E-state index in [1.165, 1.54) is 18.5 Å². The molecule has 5 nitrogen and oxygen atoms in total. The van der Waals surface area contributed by atoms with Gasteiger partial charge in [0.2, 0.25) is 0 Å². The van der Waals surface area contributed by atoms with E-state index in [2.05, 4.69) is 15.2 Å². The Hall–Kier alpha value is -3.02. The van der Waals surface area contributed by atoms with Crippen molar-refractivity contribution in [2.75, 3.05) is 11.9 Å². The van der Waals surface area contributed by atoms with Crippen molar-refractivity contribution in [3.05, 3.63) is 60.7 Å². The van der Waals surface area contributed by atoms with Crippen LogP contribution < -0.4 is 4.90 Å². The number of fused-ring (bicyclic) bond motifs is 3. The maximum Gasteiger partial charge on any atom is 0.257 e. The molecule has 122 valence electrons. The van der Waals surface area contributed by atoms with Crippen molar-refractivity contribution in [1.29, 1.82) is 0 Å². The van der Waals surface area contributed by atoms with E-state index < -0.39 is 0 Å². The fourth-order valence-corrected chi connectivity index (χ4v) is 2.55. The van der Waals surface area contributed by atoms with Crippen LogP contribution >= 0.6 is 0 Å². The van der Waals surface area contributed by atoms with E-state index in [1.807, 2.05) is 56.1 Å². The highest BCUT2D eigenvalue weighted by Gasteiger charge is 2.14. The molecule has 0 atom stereocenters. The number of hydrogen-bond acceptors (Lipinski definition) is 4. The summed E-state index contributed by atoms with van der Waals surface area (Å²) in [5, 5.41) is 8.69. The fraction of sp³-hybridized carbons (Fsp3) is 0.167. The number of nitrogens with zero attached hydrogens (tertiary/aromatic N) is 5. The molecule has 0 aliphatic rings. The van der Waals surface area contributed by atoms with Crippen LogP contribution in [0.3, 0.4) is 0 Å². The van der Waals surface area contributed by atoms with E-state index in [0.717, 1.165) is 11.1 Å². The number of anilines is 2. The number of benzene rings is 2. The largest absolute Gasteiger partial charge is 0.329 e. The molecule has 0 saturated carbocycles. The second-order valence-electron chi connectivity index (χ2n) is 4.99. The first kappa shape index (κ1) is 15.9. The molecule has 0 aliphatic heterocycles. The summed E-state index contributed by atoms with van der Waals surface area (Å²) in [7, 11) is 1.92. The Morgan fingerprint density at radius 2 is 1.79 bits per heavy atom. The quantitative estimate of drug-likeness (QED) is 0.554. The van der Waals surface area contributed by atoms with Gasteiger partial charge in [-0.2, -0.15) is 4.98 Å². The van der Waals surface area contributed by atoms with Crippen molar-refractivity contribution < 1.29 is 4.39 Å². The molecule has 4 aromatic rings. The van der Waals surface area contributed by atoms with Crippen molar-refractivity contribution in [3.8, 4) is 0 Å². The van der Waals surface area contributed by atoms with E-state index in [9.17, 15) is 4.39 Å². The third kappa shape index (κ3) is 2.67. The lowest BCUT2D eigenvalue weighted by Crippen LogP contribution is -2.12. The third-order valence-electron chi connectivity index (χ3n) is 3.66. The van der Waals surface area contributed by atoms with Crippen LogP contribution in [0, 0.1) is 5.82 Å². The lowest BCUT2D eigenvalue weighted by molar-refractivity contribution is 0.629. The minimum absolute atomic E-state index is 0.304. The Labute approximate surface area is 139 Å². The first-order valence-corrected chi connectivity index (χ1v) is 7.82. The van der Waals surface area contributed by atoms with Crippen LogP contribution in [0.25, 0.3) is 16.7 Å². The number of aromatic nitrogens is 4. The smallest absolute Gasteiger partial charge is 0.257 e. The zero-order valence-electron chi connectivity index (χ0n) is 13.8. The minimum Gasteiger partial charge on any atom is -0.329 e. The Morgan fingerprint density at radius 3 is 2.54 bits per heavy atom. The summed E-state index contributed by atoms with van der Waals surface area (Å²) in [6.45, 7) is 4.00. The molecule has 6 heteroatoms. The van der Waals surface area contributed by atoms with Gasteiger partial charge in [-0.3, -0.25) is 4.40 Å². The molecule has 4 rings (SSSR count). The van der Waals surface area contributed by atoms with Crippen molar-refractivity contribution in [2.24, 2.45) is 0 Å². The van der Waals surface area contributed by atoms with Gasteiger partial charge in [-0.25, -0.2) is 4.39 Å². The molecule has 0 fully saturated rings. The topological polar surface area (TPSA) is 46.3 Å². The Balaban J connectivity index is 0.000000815. The van der Waals surface area contributed by atoms with E-state index >= 15 is 0 Å². The molecular formula is C18H18FN5. The van der Waals surface area contributed by atoms with Crippen LogP contribution in [0.4, 0.5) is 15.9 Å². The van der Waals surface area contributed by atoms with E-state index in [-0.39, 0.29) is 5.82 Å². The minimum atomic E-state index is -0.304. The van der Waals surface area contributed by atoms with Crippen LogP contribution in [-0.4, -0.2) is 26.6 Å². The molecule has 0 N–H and O–H groups in total. The highest BCUT2D eigenvalue weighted by molar-refractivity contribution is 5.93. The molecule has 0 unspecified atom stereocenters. The average Bonchev–Trinajstić information content (AvgIpc) is 3.11. The Bertz CT molecular complexity index is 965. The monoisotopic (exact) mass is 323 g/mol. The van der Waals surface area contributed by atoms with Crippen LogP contribution in [0.2, 0.25) is 0 Å². The lowest BCUT2D eigenvalue weighted by Gasteiger charge is -2.20. The summed E-state index contributed by atoms with van der Waals surface area (Å²) in [6, 6.07) is 14.5. The molecule has 0 bridgehead atoms. The second-order valence-corrected chi connectivity index (χ2v) is 4.99. The lowest BCUT2D eigenvalue weighted by atomic mass is 10.2. The van der Waals surface area contributed by atoms with Crippen molar-refractivity contribution in [2.45, 2.75) is 13.8 Å². The maximum atomic E-state index is 13.6. The van der Waals surface area contributed by atoms with E-state index in [1.54, 1.807) is 10.5 Å². The number of para-hydroxylation sites is 1. The molecular weight excluding hydrogens is 305 g/mol. The highest BCUT2D eigenvalue weighted by Crippen LogP contribution is 2.30. The summed E-state index contributed by atoms with van der Waals surface area (Å²) < 4.78 is 15.3. The molecule has 2 aromatic carbocycles. The summed E-state index contributed by atoms with van der Waals surface area (Å²) in [5.74, 6) is 0.847. The summed E-state index contributed by atoms with van der Waals surface area (Å²) >= 11 is 0. The van der Waals surface area contributed by atoms with Gasteiger partial charge in [0, 0.05) is 18.1 Å². The number of halogens is 1. The predicted octanol–water partition coefficient (Wildman–Crippen LogP) is 4.21. The van der Waals surface area contributed by atoms with Crippen LogP contribution in [-0.2, 0) is 0 Å². The normalized spacial score (nSPS) is 10.5. The van der Waals surface area contributed by atoms with Crippen LogP contribution in [0.1, 0.15) is 13.8 Å². The van der Waals surface area contributed by atoms with Gasteiger partial charge in [0.1, 0.15) is 18.0 Å². The first-order valence-electron chi connectivity index (χ1n) is 7.82. The van der Waals surface area contributed by atoms with Crippen LogP contribution in [0.5, 0.6) is 0 Å². The van der Waals surface area contributed by atoms with Gasteiger partial charge < -0.3 is 4.90 Å². The SMILES string of the molecule is CC.CN(c1ccccc1)c1nc2nncn2c2cc(F)ccc12. The van der Waals surface area contributed by atoms with E-state index in [4.69, 9.17) is 0 Å². The van der Waals surface area contributed by atoms with Crippen molar-refractivity contribution >= 4 is 28.2 Å². The number of rotatable bonds is 2. The Morgan fingerprint density at radius 1 is 1.04 bits per heavy atom. The molecule has 24 heavy (non-hydrogen) atoms.